The predicted molar refractivity (Wildman–Crippen MR) is 74.3 cm³/mol. The van der Waals surface area contributed by atoms with Gasteiger partial charge in [-0.05, 0) is 18.2 Å². The van der Waals surface area contributed by atoms with E-state index in [0.717, 1.165) is 6.07 Å². The minimum Gasteiger partial charge on any atom is -0.393 e. The normalized spacial score (nSPS) is 12.0. The first-order valence-electron chi connectivity index (χ1n) is 5.32. The van der Waals surface area contributed by atoms with Gasteiger partial charge in [0.05, 0.1) is 10.0 Å². The van der Waals surface area contributed by atoms with Gasteiger partial charge in [0.1, 0.15) is 5.82 Å². The summed E-state index contributed by atoms with van der Waals surface area (Å²) in [6, 6.07) is 3.96. The number of nitrogens with zero attached hydrogens (tertiary/aromatic N) is 1. The summed E-state index contributed by atoms with van der Waals surface area (Å²) in [4.78, 5) is 13.8. The Morgan fingerprint density at radius 2 is 2.22 bits per heavy atom. The van der Waals surface area contributed by atoms with Gasteiger partial charge in [0, 0.05) is 25.1 Å². The summed E-state index contributed by atoms with van der Waals surface area (Å²) in [6.45, 7) is 2.22. The van der Waals surface area contributed by atoms with E-state index in [9.17, 15) is 9.18 Å². The van der Waals surface area contributed by atoms with Gasteiger partial charge in [0.25, 0.3) is 5.91 Å². The van der Waals surface area contributed by atoms with E-state index < -0.39 is 5.82 Å². The first kappa shape index (κ1) is 14.9. The summed E-state index contributed by atoms with van der Waals surface area (Å²) in [5.74, 6) is -1.00. The van der Waals surface area contributed by atoms with Crippen molar-refractivity contribution in [2.24, 2.45) is 11.7 Å². The molecule has 1 aromatic carbocycles. The lowest BCUT2D eigenvalue weighted by molar-refractivity contribution is 0.0786. The highest BCUT2D eigenvalue weighted by Crippen LogP contribution is 2.16. The monoisotopic (exact) mass is 288 g/mol. The van der Waals surface area contributed by atoms with Gasteiger partial charge in [-0.15, -0.1) is 0 Å². The maximum absolute atomic E-state index is 13.3. The van der Waals surface area contributed by atoms with Crippen LogP contribution in [-0.4, -0.2) is 29.4 Å². The Balaban J connectivity index is 2.80. The lowest BCUT2D eigenvalue weighted by Gasteiger charge is -2.21. The summed E-state index contributed by atoms with van der Waals surface area (Å²) < 4.78 is 13.3. The van der Waals surface area contributed by atoms with E-state index in [2.05, 4.69) is 0 Å². The number of hydrogen-bond donors (Lipinski definition) is 1. The van der Waals surface area contributed by atoms with Gasteiger partial charge in [-0.1, -0.05) is 30.7 Å². The topological polar surface area (TPSA) is 46.3 Å². The number of hydrogen-bond acceptors (Lipinski definition) is 2. The standard InChI is InChI=1S/C12H14ClFN2OS/c1-7(11(15)18)6-16(2)12(17)8-3-4-9(13)10(14)5-8/h3-5,7H,6H2,1-2H3,(H2,15,18). The van der Waals surface area contributed by atoms with Gasteiger partial charge >= 0.3 is 0 Å². The third-order valence-electron chi connectivity index (χ3n) is 2.55. The second-order valence-corrected chi connectivity index (χ2v) is 5.00. The van der Waals surface area contributed by atoms with Gasteiger partial charge in [0.15, 0.2) is 0 Å². The number of thiocarbonyl (C=S) groups is 1. The molecule has 2 N–H and O–H groups in total. The Bertz CT molecular complexity index is 481. The maximum Gasteiger partial charge on any atom is 0.253 e. The lowest BCUT2D eigenvalue weighted by Crippen LogP contribution is -2.35. The van der Waals surface area contributed by atoms with Crippen LogP contribution in [0, 0.1) is 11.7 Å². The third kappa shape index (κ3) is 3.65. The summed E-state index contributed by atoms with van der Waals surface area (Å²) in [6.07, 6.45) is 0. The lowest BCUT2D eigenvalue weighted by atomic mass is 10.1. The zero-order chi connectivity index (χ0) is 13.9. The number of rotatable bonds is 4. The van der Waals surface area contributed by atoms with Crippen molar-refractivity contribution in [3.63, 3.8) is 0 Å². The average molecular weight is 289 g/mol. The molecular weight excluding hydrogens is 275 g/mol. The molecule has 3 nitrogen and oxygen atoms in total. The van der Waals surface area contributed by atoms with Gasteiger partial charge in [0.2, 0.25) is 0 Å². The fourth-order valence-corrected chi connectivity index (χ4v) is 1.63. The van der Waals surface area contributed by atoms with Crippen LogP contribution in [0.15, 0.2) is 18.2 Å². The molecule has 98 valence electrons. The number of benzene rings is 1. The highest BCUT2D eigenvalue weighted by atomic mass is 35.5. The van der Waals surface area contributed by atoms with Crippen LogP contribution in [0.25, 0.3) is 0 Å². The SMILES string of the molecule is CC(CN(C)C(=O)c1ccc(Cl)c(F)c1)C(N)=S. The predicted octanol–water partition coefficient (Wildman–Crippen LogP) is 2.47. The molecule has 0 heterocycles. The summed E-state index contributed by atoms with van der Waals surface area (Å²) in [7, 11) is 1.61. The van der Waals surface area contributed by atoms with Gasteiger partial charge < -0.3 is 10.6 Å². The van der Waals surface area contributed by atoms with E-state index in [0.29, 0.717) is 11.5 Å². The molecule has 0 saturated carbocycles. The van der Waals surface area contributed by atoms with Crippen LogP contribution in [0.1, 0.15) is 17.3 Å². The molecule has 1 amide bonds. The molecule has 0 bridgehead atoms. The van der Waals surface area contributed by atoms with E-state index in [-0.39, 0.29) is 22.4 Å². The zero-order valence-corrected chi connectivity index (χ0v) is 11.7. The van der Waals surface area contributed by atoms with Crippen molar-refractivity contribution in [1.82, 2.24) is 4.90 Å². The summed E-state index contributed by atoms with van der Waals surface area (Å²) >= 11 is 10.4. The Morgan fingerprint density at radius 3 is 2.72 bits per heavy atom. The number of carbonyl (C=O) groups excluding carboxylic acids is 1. The number of nitrogens with two attached hydrogens (primary N) is 1. The first-order valence-corrected chi connectivity index (χ1v) is 6.11. The number of carbonyl (C=O) groups is 1. The summed E-state index contributed by atoms with van der Waals surface area (Å²) in [5.41, 5.74) is 5.73. The van der Waals surface area contributed by atoms with Gasteiger partial charge in [-0.3, -0.25) is 4.79 Å². The molecule has 1 aromatic rings. The fraction of sp³-hybridized carbons (Fsp3) is 0.333. The van der Waals surface area contributed by atoms with Crippen LogP contribution in [0.3, 0.4) is 0 Å². The minimum absolute atomic E-state index is 0.00860. The van der Waals surface area contributed by atoms with Crippen LogP contribution < -0.4 is 5.73 Å². The quantitative estimate of drug-likeness (QED) is 0.866. The Hall–Kier alpha value is -1.20. The van der Waals surface area contributed by atoms with E-state index >= 15 is 0 Å². The van der Waals surface area contributed by atoms with Crippen molar-refractivity contribution < 1.29 is 9.18 Å². The molecule has 1 unspecified atom stereocenters. The Kier molecular flexibility index (Phi) is 5.04. The fourth-order valence-electron chi connectivity index (χ4n) is 1.43. The average Bonchev–Trinajstić information content (AvgIpc) is 2.31. The van der Waals surface area contributed by atoms with Crippen molar-refractivity contribution in [2.75, 3.05) is 13.6 Å². The van der Waals surface area contributed by atoms with Crippen molar-refractivity contribution in [1.29, 1.82) is 0 Å². The molecule has 1 atom stereocenters. The van der Waals surface area contributed by atoms with Crippen LogP contribution >= 0.6 is 23.8 Å². The van der Waals surface area contributed by atoms with E-state index in [4.69, 9.17) is 29.6 Å². The van der Waals surface area contributed by atoms with E-state index in [1.54, 1.807) is 7.05 Å². The molecule has 0 radical (unpaired) electrons. The van der Waals surface area contributed by atoms with E-state index in [1.807, 2.05) is 6.92 Å². The molecule has 0 fully saturated rings. The van der Waals surface area contributed by atoms with Crippen LogP contribution in [0.2, 0.25) is 5.02 Å². The zero-order valence-electron chi connectivity index (χ0n) is 10.1. The van der Waals surface area contributed by atoms with Crippen LogP contribution in [-0.2, 0) is 0 Å². The molecule has 0 saturated heterocycles. The van der Waals surface area contributed by atoms with Crippen LogP contribution in [0.5, 0.6) is 0 Å². The van der Waals surface area contributed by atoms with Crippen LogP contribution in [0.4, 0.5) is 4.39 Å². The second-order valence-electron chi connectivity index (χ2n) is 4.12. The Labute approximate surface area is 116 Å². The van der Waals surface area contributed by atoms with Crippen molar-refractivity contribution in [3.8, 4) is 0 Å². The molecule has 0 aromatic heterocycles. The first-order chi connectivity index (χ1) is 8.32. The van der Waals surface area contributed by atoms with Crippen molar-refractivity contribution in [3.05, 3.63) is 34.6 Å². The highest BCUT2D eigenvalue weighted by molar-refractivity contribution is 7.80. The Morgan fingerprint density at radius 1 is 1.61 bits per heavy atom. The smallest absolute Gasteiger partial charge is 0.253 e. The molecular formula is C12H14ClFN2OS. The maximum atomic E-state index is 13.3. The summed E-state index contributed by atoms with van der Waals surface area (Å²) in [5, 5.41) is -0.00860. The molecule has 1 rings (SSSR count). The highest BCUT2D eigenvalue weighted by Gasteiger charge is 2.16. The molecule has 0 spiro atoms. The van der Waals surface area contributed by atoms with Crippen molar-refractivity contribution >= 4 is 34.7 Å². The molecule has 6 heteroatoms. The van der Waals surface area contributed by atoms with E-state index in [1.165, 1.54) is 17.0 Å². The molecule has 0 aliphatic rings. The molecule has 18 heavy (non-hydrogen) atoms. The molecule has 0 aliphatic carbocycles. The van der Waals surface area contributed by atoms with Crippen molar-refractivity contribution in [2.45, 2.75) is 6.92 Å². The number of halogens is 2. The van der Waals surface area contributed by atoms with Gasteiger partial charge in [-0.2, -0.15) is 0 Å². The van der Waals surface area contributed by atoms with Gasteiger partial charge in [-0.25, -0.2) is 4.39 Å². The third-order valence-corrected chi connectivity index (χ3v) is 3.26. The molecule has 0 aliphatic heterocycles. The minimum atomic E-state index is -0.613. The second kappa shape index (κ2) is 6.11. The number of amides is 1. The largest absolute Gasteiger partial charge is 0.393 e.